The Hall–Kier alpha value is -6.52. The van der Waals surface area contributed by atoms with E-state index in [1.807, 2.05) is 12.3 Å². The van der Waals surface area contributed by atoms with Gasteiger partial charge in [-0.05, 0) is 97.5 Å². The molecule has 2 aliphatic rings. The Morgan fingerprint density at radius 2 is 1.17 bits per heavy atom. The molecule has 0 saturated carbocycles. The molecule has 4 heterocycles. The number of aromatic nitrogens is 2. The summed E-state index contributed by atoms with van der Waals surface area (Å²) in [6, 6.07) is 51.8. The lowest BCUT2D eigenvalue weighted by atomic mass is 9.41. The molecule has 0 bridgehead atoms. The van der Waals surface area contributed by atoms with Crippen LogP contribution in [0.25, 0.3) is 88.3 Å². The fraction of sp³-hybridized carbons (Fsp3) is 0.0800. The highest BCUT2D eigenvalue weighted by Crippen LogP contribution is 2.50. The molecule has 54 heavy (non-hydrogen) atoms. The SMILES string of the molecule is CC(C)(C)c1cc(-c2cc(-c3ccccc3)ccn2)cc(-c2ccc3c4ccccc4c4c5c6c(c(O)c4c3n2)-c2ccccc2B6c2ccccc2-5)c1. The summed E-state index contributed by atoms with van der Waals surface area (Å²) >= 11 is 0. The zero-order valence-electron chi connectivity index (χ0n) is 30.4. The summed E-state index contributed by atoms with van der Waals surface area (Å²) in [7, 11) is 0. The largest absolute Gasteiger partial charge is 0.507 e. The van der Waals surface area contributed by atoms with Crippen LogP contribution in [-0.2, 0) is 5.41 Å². The van der Waals surface area contributed by atoms with Gasteiger partial charge in [0.2, 0.25) is 6.71 Å². The minimum atomic E-state index is -0.109. The molecular weight excluding hydrogens is 655 g/mol. The van der Waals surface area contributed by atoms with Gasteiger partial charge in [-0.1, -0.05) is 135 Å². The summed E-state index contributed by atoms with van der Waals surface area (Å²) in [5.41, 5.74) is 16.3. The molecule has 0 fully saturated rings. The third-order valence-corrected chi connectivity index (χ3v) is 11.8. The van der Waals surface area contributed by atoms with Crippen molar-refractivity contribution < 1.29 is 5.11 Å². The van der Waals surface area contributed by atoms with E-state index >= 15 is 0 Å². The highest BCUT2D eigenvalue weighted by atomic mass is 16.3. The van der Waals surface area contributed by atoms with Crippen LogP contribution in [0.1, 0.15) is 26.3 Å². The van der Waals surface area contributed by atoms with Crippen LogP contribution < -0.4 is 16.4 Å². The third kappa shape index (κ3) is 4.37. The summed E-state index contributed by atoms with van der Waals surface area (Å²) in [4.78, 5) is 10.4. The number of phenols is 1. The summed E-state index contributed by atoms with van der Waals surface area (Å²) in [5.74, 6) is 0.318. The van der Waals surface area contributed by atoms with Gasteiger partial charge in [-0.3, -0.25) is 4.98 Å². The van der Waals surface area contributed by atoms with Crippen molar-refractivity contribution in [3.05, 3.63) is 157 Å². The molecule has 9 aromatic rings. The standard InChI is InChI=1S/C50H35BN2O/c1-50(2,3)33-26-31(25-32(27-33)42-28-30(23-24-52-42)29-13-5-4-6-14-29)41-22-21-36-34-15-7-8-16-35(34)43-44-37-17-9-11-19-39(37)51-40-20-12-10-18-38(40)45(47(44)51)49(54)46(43)48(36)53-41/h4-28,54H,1-3H3. The quantitative estimate of drug-likeness (QED) is 0.148. The van der Waals surface area contributed by atoms with E-state index in [0.717, 1.165) is 77.2 Å². The molecule has 0 atom stereocenters. The van der Waals surface area contributed by atoms with Gasteiger partial charge in [-0.2, -0.15) is 0 Å². The Labute approximate surface area is 314 Å². The second kappa shape index (κ2) is 11.2. The van der Waals surface area contributed by atoms with Gasteiger partial charge in [0, 0.05) is 33.7 Å². The van der Waals surface area contributed by atoms with E-state index in [1.165, 1.54) is 33.1 Å². The van der Waals surface area contributed by atoms with E-state index in [-0.39, 0.29) is 12.1 Å². The van der Waals surface area contributed by atoms with E-state index in [0.29, 0.717) is 5.75 Å². The average Bonchev–Trinajstić information content (AvgIpc) is 3.73. The monoisotopic (exact) mass is 690 g/mol. The topological polar surface area (TPSA) is 46.0 Å². The molecular formula is C50H35BN2O. The zero-order chi connectivity index (χ0) is 36.3. The van der Waals surface area contributed by atoms with Crippen LogP contribution >= 0.6 is 0 Å². The zero-order valence-corrected chi connectivity index (χ0v) is 30.4. The summed E-state index contributed by atoms with van der Waals surface area (Å²) in [6.45, 7) is 6.85. The molecule has 0 amide bonds. The molecule has 254 valence electrons. The van der Waals surface area contributed by atoms with Crippen molar-refractivity contribution in [3.63, 3.8) is 0 Å². The Bertz CT molecular complexity index is 3050. The molecule has 0 radical (unpaired) electrons. The van der Waals surface area contributed by atoms with Gasteiger partial charge < -0.3 is 5.11 Å². The second-order valence-corrected chi connectivity index (χ2v) is 15.9. The van der Waals surface area contributed by atoms with E-state index in [9.17, 15) is 5.11 Å². The van der Waals surface area contributed by atoms with Crippen LogP contribution in [0.5, 0.6) is 5.75 Å². The minimum Gasteiger partial charge on any atom is -0.507 e. The predicted molar refractivity (Wildman–Crippen MR) is 227 cm³/mol. The average molecular weight is 691 g/mol. The normalized spacial score (nSPS) is 12.8. The van der Waals surface area contributed by atoms with Crippen LogP contribution in [-0.4, -0.2) is 21.8 Å². The number of pyridine rings is 2. The molecule has 7 aromatic carbocycles. The fourth-order valence-corrected chi connectivity index (χ4v) is 9.25. The number of fused-ring (bicyclic) bond motifs is 13. The molecule has 0 aliphatic carbocycles. The molecule has 0 spiro atoms. The smallest absolute Gasteiger partial charge is 0.244 e. The second-order valence-electron chi connectivity index (χ2n) is 15.9. The van der Waals surface area contributed by atoms with Crippen LogP contribution in [0, 0.1) is 0 Å². The van der Waals surface area contributed by atoms with Crippen molar-refractivity contribution in [1.29, 1.82) is 0 Å². The molecule has 2 aromatic heterocycles. The van der Waals surface area contributed by atoms with Crippen LogP contribution in [0.15, 0.2) is 152 Å². The van der Waals surface area contributed by atoms with E-state index in [2.05, 4.69) is 160 Å². The number of phenolic OH excluding ortho intramolecular Hbond substituents is 1. The maximum Gasteiger partial charge on any atom is 0.244 e. The Morgan fingerprint density at radius 1 is 0.519 bits per heavy atom. The van der Waals surface area contributed by atoms with Gasteiger partial charge >= 0.3 is 0 Å². The third-order valence-electron chi connectivity index (χ3n) is 11.8. The van der Waals surface area contributed by atoms with E-state index < -0.39 is 0 Å². The fourth-order valence-electron chi connectivity index (χ4n) is 9.25. The number of nitrogens with zero attached hydrogens (tertiary/aromatic N) is 2. The van der Waals surface area contributed by atoms with E-state index in [1.54, 1.807) is 0 Å². The van der Waals surface area contributed by atoms with Gasteiger partial charge in [-0.15, -0.1) is 0 Å². The van der Waals surface area contributed by atoms with Crippen molar-refractivity contribution >= 4 is 55.5 Å². The lowest BCUT2D eigenvalue weighted by molar-refractivity contribution is 0.484. The Balaban J connectivity index is 1.21. The summed E-state index contributed by atoms with van der Waals surface area (Å²) < 4.78 is 0. The van der Waals surface area contributed by atoms with Crippen molar-refractivity contribution in [3.8, 4) is 61.6 Å². The Kier molecular flexibility index (Phi) is 6.47. The lowest BCUT2D eigenvalue weighted by Crippen LogP contribution is -2.45. The molecule has 0 unspecified atom stereocenters. The first-order valence-electron chi connectivity index (χ1n) is 18.8. The molecule has 0 saturated heterocycles. The van der Waals surface area contributed by atoms with Gasteiger partial charge in [0.1, 0.15) is 5.75 Å². The van der Waals surface area contributed by atoms with Gasteiger partial charge in [0.05, 0.1) is 22.3 Å². The number of rotatable bonds is 3. The van der Waals surface area contributed by atoms with Crippen molar-refractivity contribution in [2.24, 2.45) is 0 Å². The van der Waals surface area contributed by atoms with Gasteiger partial charge in [0.15, 0.2) is 0 Å². The maximum atomic E-state index is 12.7. The first kappa shape index (κ1) is 31.1. The minimum absolute atomic E-state index is 0.0963. The number of benzene rings is 7. The summed E-state index contributed by atoms with van der Waals surface area (Å²) in [5, 5.41) is 17.9. The number of hydrogen-bond acceptors (Lipinski definition) is 3. The van der Waals surface area contributed by atoms with Crippen LogP contribution in [0.4, 0.5) is 0 Å². The molecule has 3 nitrogen and oxygen atoms in total. The van der Waals surface area contributed by atoms with Gasteiger partial charge in [-0.25, -0.2) is 4.98 Å². The molecule has 2 aliphatic heterocycles. The highest BCUT2D eigenvalue weighted by molar-refractivity contribution is 7.03. The first-order chi connectivity index (χ1) is 26.3. The van der Waals surface area contributed by atoms with Crippen LogP contribution in [0.3, 0.4) is 0 Å². The van der Waals surface area contributed by atoms with Crippen molar-refractivity contribution in [1.82, 2.24) is 9.97 Å². The van der Waals surface area contributed by atoms with Crippen molar-refractivity contribution in [2.75, 3.05) is 0 Å². The highest BCUT2D eigenvalue weighted by Gasteiger charge is 2.44. The van der Waals surface area contributed by atoms with E-state index in [4.69, 9.17) is 9.97 Å². The van der Waals surface area contributed by atoms with Gasteiger partial charge in [0.25, 0.3) is 0 Å². The first-order valence-corrected chi connectivity index (χ1v) is 18.8. The molecule has 4 heteroatoms. The van der Waals surface area contributed by atoms with Crippen LogP contribution in [0.2, 0.25) is 0 Å². The number of hydrogen-bond donors (Lipinski definition) is 1. The van der Waals surface area contributed by atoms with Crippen molar-refractivity contribution in [2.45, 2.75) is 26.2 Å². The predicted octanol–water partition coefficient (Wildman–Crippen LogP) is 10.4. The lowest BCUT2D eigenvalue weighted by Gasteiger charge is -2.22. The number of aromatic hydroxyl groups is 1. The summed E-state index contributed by atoms with van der Waals surface area (Å²) in [6.07, 6.45) is 1.90. The maximum absolute atomic E-state index is 12.7. The molecule has 1 N–H and O–H groups in total. The Morgan fingerprint density at radius 3 is 1.91 bits per heavy atom. The molecule has 11 rings (SSSR count).